The van der Waals surface area contributed by atoms with Crippen molar-refractivity contribution in [3.8, 4) is 17.2 Å². The second-order valence-electron chi connectivity index (χ2n) is 6.80. The molecule has 0 N–H and O–H groups in total. The molecule has 0 unspecified atom stereocenters. The lowest BCUT2D eigenvalue weighted by atomic mass is 10.1. The van der Waals surface area contributed by atoms with E-state index in [2.05, 4.69) is 36.2 Å². The highest BCUT2D eigenvalue weighted by Gasteiger charge is 2.17. The first-order valence-electron chi connectivity index (χ1n) is 9.78. The van der Waals surface area contributed by atoms with E-state index in [1.165, 1.54) is 26.9 Å². The van der Waals surface area contributed by atoms with Crippen LogP contribution >= 0.6 is 0 Å². The predicted molar refractivity (Wildman–Crippen MR) is 113 cm³/mol. The van der Waals surface area contributed by atoms with Crippen molar-refractivity contribution >= 4 is 5.97 Å². The van der Waals surface area contributed by atoms with Crippen LogP contribution in [0.2, 0.25) is 0 Å². The number of hydrogen-bond acceptors (Lipinski definition) is 6. The molecular weight excluding hydrogens is 370 g/mol. The van der Waals surface area contributed by atoms with E-state index in [0.29, 0.717) is 29.4 Å². The van der Waals surface area contributed by atoms with Crippen molar-refractivity contribution in [2.24, 2.45) is 0 Å². The molecule has 0 atom stereocenters. The Balaban J connectivity index is 1.73. The molecule has 0 heterocycles. The summed E-state index contributed by atoms with van der Waals surface area (Å²) in [6.07, 6.45) is 2.81. The molecule has 0 spiro atoms. The summed E-state index contributed by atoms with van der Waals surface area (Å²) in [6.45, 7) is 2.35. The molecule has 158 valence electrons. The Morgan fingerprint density at radius 1 is 0.897 bits per heavy atom. The molecule has 2 aromatic rings. The topological polar surface area (TPSA) is 57.2 Å². The molecule has 0 aromatic heterocycles. The molecular formula is C23H31NO5. The maximum atomic E-state index is 12.4. The highest BCUT2D eigenvalue weighted by atomic mass is 16.5. The zero-order valence-electron chi connectivity index (χ0n) is 17.8. The summed E-state index contributed by atoms with van der Waals surface area (Å²) in [7, 11) is 6.67. The Morgan fingerprint density at radius 2 is 1.55 bits per heavy atom. The third kappa shape index (κ3) is 6.98. The van der Waals surface area contributed by atoms with E-state index in [1.54, 1.807) is 12.1 Å². The molecule has 2 aromatic carbocycles. The van der Waals surface area contributed by atoms with Gasteiger partial charge in [0.05, 0.1) is 33.5 Å². The standard InChI is InChI=1S/C23H31NO5/c1-24(14-12-18-10-6-5-7-11-18)13-8-9-15-29-23(25)19-16-20(26-2)22(28-4)21(17-19)27-3/h5-7,10-11,16-17H,8-9,12-15H2,1-4H3. The fourth-order valence-corrected chi connectivity index (χ4v) is 3.01. The molecule has 29 heavy (non-hydrogen) atoms. The Hall–Kier alpha value is -2.73. The van der Waals surface area contributed by atoms with Crippen LogP contribution in [0.1, 0.15) is 28.8 Å². The van der Waals surface area contributed by atoms with Crippen LogP contribution in [0.3, 0.4) is 0 Å². The molecule has 0 amide bonds. The van der Waals surface area contributed by atoms with Crippen molar-refractivity contribution in [1.29, 1.82) is 0 Å². The molecule has 0 saturated heterocycles. The minimum atomic E-state index is -0.401. The molecule has 0 radical (unpaired) electrons. The number of rotatable bonds is 12. The van der Waals surface area contributed by atoms with Gasteiger partial charge in [-0.05, 0) is 50.6 Å². The molecule has 2 rings (SSSR count). The third-order valence-electron chi connectivity index (χ3n) is 4.69. The Kier molecular flexibility index (Phi) is 9.31. The van der Waals surface area contributed by atoms with E-state index in [0.717, 1.165) is 32.4 Å². The molecule has 0 saturated carbocycles. The van der Waals surface area contributed by atoms with Gasteiger partial charge in [0.15, 0.2) is 11.5 Å². The van der Waals surface area contributed by atoms with Gasteiger partial charge in [-0.15, -0.1) is 0 Å². The highest BCUT2D eigenvalue weighted by molar-refractivity contribution is 5.91. The minimum Gasteiger partial charge on any atom is -0.493 e. The zero-order valence-corrected chi connectivity index (χ0v) is 17.8. The monoisotopic (exact) mass is 401 g/mol. The van der Waals surface area contributed by atoms with E-state index in [4.69, 9.17) is 18.9 Å². The van der Waals surface area contributed by atoms with Gasteiger partial charge in [0, 0.05) is 6.54 Å². The fourth-order valence-electron chi connectivity index (χ4n) is 3.01. The number of likely N-dealkylation sites (N-methyl/N-ethyl adjacent to an activating group) is 1. The van der Waals surface area contributed by atoms with Gasteiger partial charge in [0.25, 0.3) is 0 Å². The first-order chi connectivity index (χ1) is 14.1. The normalized spacial score (nSPS) is 10.7. The van der Waals surface area contributed by atoms with E-state index in [9.17, 15) is 4.79 Å². The molecule has 0 aliphatic rings. The summed E-state index contributed by atoms with van der Waals surface area (Å²) in [6, 6.07) is 13.7. The van der Waals surface area contributed by atoms with Crippen LogP contribution in [0.25, 0.3) is 0 Å². The number of benzene rings is 2. The SMILES string of the molecule is COc1cc(C(=O)OCCCCN(C)CCc2ccccc2)cc(OC)c1OC. The molecule has 6 nitrogen and oxygen atoms in total. The van der Waals surface area contributed by atoms with Crippen molar-refractivity contribution in [2.45, 2.75) is 19.3 Å². The number of carbonyl (C=O) groups excluding carboxylic acids is 1. The summed E-state index contributed by atoms with van der Waals surface area (Å²) in [4.78, 5) is 14.7. The number of carbonyl (C=O) groups is 1. The number of ether oxygens (including phenoxy) is 4. The number of esters is 1. The lowest BCUT2D eigenvalue weighted by Gasteiger charge is -2.16. The lowest BCUT2D eigenvalue weighted by molar-refractivity contribution is 0.0495. The summed E-state index contributed by atoms with van der Waals surface area (Å²) >= 11 is 0. The van der Waals surface area contributed by atoms with Crippen LogP contribution in [0, 0.1) is 0 Å². The van der Waals surface area contributed by atoms with E-state index in [-0.39, 0.29) is 0 Å². The predicted octanol–water partition coefficient (Wildman–Crippen LogP) is 3.82. The van der Waals surface area contributed by atoms with Gasteiger partial charge >= 0.3 is 5.97 Å². The van der Waals surface area contributed by atoms with E-state index < -0.39 is 5.97 Å². The second-order valence-corrected chi connectivity index (χ2v) is 6.80. The molecule has 0 aliphatic carbocycles. The Bertz CT molecular complexity index is 738. The average molecular weight is 402 g/mol. The number of hydrogen-bond donors (Lipinski definition) is 0. The van der Waals surface area contributed by atoms with Crippen LogP contribution < -0.4 is 14.2 Å². The molecule has 6 heteroatoms. The quantitative estimate of drug-likeness (QED) is 0.398. The lowest BCUT2D eigenvalue weighted by Crippen LogP contribution is -2.22. The van der Waals surface area contributed by atoms with Crippen molar-refractivity contribution in [2.75, 3.05) is 48.1 Å². The summed E-state index contributed by atoms with van der Waals surface area (Å²) in [5, 5.41) is 0. The minimum absolute atomic E-state index is 0.375. The van der Waals surface area contributed by atoms with Gasteiger partial charge in [0.2, 0.25) is 5.75 Å². The Labute approximate surface area is 173 Å². The van der Waals surface area contributed by atoms with Gasteiger partial charge in [-0.1, -0.05) is 30.3 Å². The summed E-state index contributed by atoms with van der Waals surface area (Å²) in [5.74, 6) is 0.907. The van der Waals surface area contributed by atoms with Crippen LogP contribution in [0.15, 0.2) is 42.5 Å². The van der Waals surface area contributed by atoms with Crippen molar-refractivity contribution in [3.63, 3.8) is 0 Å². The van der Waals surface area contributed by atoms with Gasteiger partial charge in [0.1, 0.15) is 0 Å². The van der Waals surface area contributed by atoms with Crippen molar-refractivity contribution in [3.05, 3.63) is 53.6 Å². The maximum absolute atomic E-state index is 12.4. The molecule has 0 aliphatic heterocycles. The van der Waals surface area contributed by atoms with E-state index in [1.807, 2.05) is 6.07 Å². The number of nitrogens with zero attached hydrogens (tertiary/aromatic N) is 1. The maximum Gasteiger partial charge on any atom is 0.338 e. The molecule has 0 bridgehead atoms. The summed E-state index contributed by atoms with van der Waals surface area (Å²) < 4.78 is 21.2. The molecule has 0 fully saturated rings. The number of unbranched alkanes of at least 4 members (excludes halogenated alkanes) is 1. The average Bonchev–Trinajstić information content (AvgIpc) is 2.76. The van der Waals surface area contributed by atoms with Crippen molar-refractivity contribution < 1.29 is 23.7 Å². The first kappa shape index (κ1) is 22.6. The van der Waals surface area contributed by atoms with Crippen molar-refractivity contribution in [1.82, 2.24) is 4.90 Å². The smallest absolute Gasteiger partial charge is 0.338 e. The number of methoxy groups -OCH3 is 3. The van der Waals surface area contributed by atoms with Crippen LogP contribution in [-0.4, -0.2) is 58.9 Å². The fraction of sp³-hybridized carbons (Fsp3) is 0.435. The second kappa shape index (κ2) is 12.0. The van der Waals surface area contributed by atoms with Crippen LogP contribution in [-0.2, 0) is 11.2 Å². The van der Waals surface area contributed by atoms with Gasteiger partial charge in [-0.3, -0.25) is 0 Å². The summed E-state index contributed by atoms with van der Waals surface area (Å²) in [5.41, 5.74) is 1.72. The largest absolute Gasteiger partial charge is 0.493 e. The van der Waals surface area contributed by atoms with Gasteiger partial charge < -0.3 is 23.8 Å². The zero-order chi connectivity index (χ0) is 21.1. The Morgan fingerprint density at radius 3 is 2.14 bits per heavy atom. The first-order valence-corrected chi connectivity index (χ1v) is 9.78. The van der Waals surface area contributed by atoms with Crippen LogP contribution in [0.4, 0.5) is 0 Å². The van der Waals surface area contributed by atoms with Crippen LogP contribution in [0.5, 0.6) is 17.2 Å². The highest BCUT2D eigenvalue weighted by Crippen LogP contribution is 2.38. The third-order valence-corrected chi connectivity index (χ3v) is 4.69. The van der Waals surface area contributed by atoms with Gasteiger partial charge in [-0.2, -0.15) is 0 Å². The van der Waals surface area contributed by atoms with Gasteiger partial charge in [-0.25, -0.2) is 4.79 Å². The van der Waals surface area contributed by atoms with E-state index >= 15 is 0 Å².